The molecule has 0 saturated carbocycles. The van der Waals surface area contributed by atoms with Crippen LogP contribution < -0.4 is 5.32 Å². The van der Waals surface area contributed by atoms with Crippen LogP contribution in [0.15, 0.2) is 35.6 Å². The van der Waals surface area contributed by atoms with Crippen molar-refractivity contribution >= 4 is 141 Å². The predicted molar refractivity (Wildman–Crippen MR) is 674 cm³/mol. The maximum Gasteiger partial charge on any atom is 0.331 e. The minimum absolute atomic E-state index is 0.0242. The first-order valence-electron chi connectivity index (χ1n) is 54.8. The smallest absolute Gasteiger partial charge is 0.331 e. The summed E-state index contributed by atoms with van der Waals surface area (Å²) in [6.07, 6.45) is 9.88. The topological polar surface area (TPSA) is 214 Å². The molecule has 1 heterocycles. The average molecular weight is 2250 g/mol. The van der Waals surface area contributed by atoms with Gasteiger partial charge in [0.1, 0.15) is 5.92 Å². The van der Waals surface area contributed by atoms with Gasteiger partial charge in [0, 0.05) is 160 Å². The molecule has 27 heteroatoms. The number of nitrogens with zero attached hydrogens (tertiary/aromatic N) is 8. The molecule has 0 aliphatic carbocycles. The molecule has 1 saturated heterocycles. The Labute approximate surface area is 958 Å². The van der Waals surface area contributed by atoms with E-state index in [1.54, 1.807) is 29.6 Å². The minimum atomic E-state index is -0.442. The molecule has 1 aliphatic heterocycles. The zero-order valence-corrected chi connectivity index (χ0v) is 114. The van der Waals surface area contributed by atoms with Crippen molar-refractivity contribution in [1.82, 2.24) is 39.6 Å². The highest BCUT2D eigenvalue weighted by Crippen LogP contribution is 2.37. The summed E-state index contributed by atoms with van der Waals surface area (Å²) in [7, 11) is 14.4. The fraction of sp³-hybridized carbons (Fsp3) is 0.877. The number of hydrogen-bond acceptors (Lipinski definition) is 22. The first-order valence-corrected chi connectivity index (χ1v) is 63.5. The first-order chi connectivity index (χ1) is 66.4. The number of thioether (sulfide) groups is 8. The lowest BCUT2D eigenvalue weighted by molar-refractivity contribution is -0.146. The largest absolute Gasteiger partial charge is 0.465 e. The van der Waals surface area contributed by atoms with E-state index >= 15 is 0 Å². The second-order valence-corrected chi connectivity index (χ2v) is 69.3. The number of nitrogens with one attached hydrogen (secondary N) is 1. The zero-order chi connectivity index (χ0) is 119. The molecule has 19 nitrogen and oxygen atoms in total. The summed E-state index contributed by atoms with van der Waals surface area (Å²) in [5.41, 5.74) is 2.74. The van der Waals surface area contributed by atoms with E-state index in [1.807, 2.05) is 172 Å². The lowest BCUT2D eigenvalue weighted by atomic mass is 9.80. The molecule has 0 aromatic carbocycles. The van der Waals surface area contributed by atoms with Crippen LogP contribution in [0.1, 0.15) is 384 Å². The van der Waals surface area contributed by atoms with Gasteiger partial charge in [-0.05, 0) is 216 Å². The Morgan fingerprint density at radius 1 is 0.416 bits per heavy atom. The third-order valence-electron chi connectivity index (χ3n) is 19.6. The highest BCUT2D eigenvalue weighted by molar-refractivity contribution is 8.02. The Morgan fingerprint density at radius 2 is 0.752 bits per heavy atom. The molecule has 882 valence electrons. The van der Waals surface area contributed by atoms with E-state index in [1.165, 1.54) is 12.5 Å². The minimum Gasteiger partial charge on any atom is -0.465 e. The molecule has 0 radical (unpaired) electrons. The van der Waals surface area contributed by atoms with Crippen molar-refractivity contribution in [3.05, 3.63) is 35.6 Å². The number of likely N-dealkylation sites (tertiary alicyclic amines) is 1. The van der Waals surface area contributed by atoms with E-state index in [0.29, 0.717) is 130 Å². The normalized spacial score (nSPS) is 14.7. The van der Waals surface area contributed by atoms with Crippen molar-refractivity contribution in [1.29, 1.82) is 5.26 Å². The summed E-state index contributed by atoms with van der Waals surface area (Å²) in [4.78, 5) is 110. The number of amides is 5. The van der Waals surface area contributed by atoms with Crippen molar-refractivity contribution < 1.29 is 47.8 Å². The third kappa shape index (κ3) is 118. The molecular formula is C122H241N9O10S8. The van der Waals surface area contributed by atoms with Crippen molar-refractivity contribution in [3.63, 3.8) is 0 Å². The number of ketones is 1. The number of carbonyl (C=O) groups excluding carboxylic acids is 8. The number of nitriles is 1. The maximum atomic E-state index is 12.8. The van der Waals surface area contributed by atoms with Gasteiger partial charge in [0.2, 0.25) is 29.5 Å². The molecular weight excluding hydrogens is 2010 g/mol. The lowest BCUT2D eigenvalue weighted by Gasteiger charge is -2.31. The monoisotopic (exact) mass is 2250 g/mol. The lowest BCUT2D eigenvalue weighted by Crippen LogP contribution is -2.40. The summed E-state index contributed by atoms with van der Waals surface area (Å²) in [6, 6.07) is 2.14. The van der Waals surface area contributed by atoms with Gasteiger partial charge in [0.25, 0.3) is 0 Å². The van der Waals surface area contributed by atoms with Crippen LogP contribution in [-0.4, -0.2) is 294 Å². The molecule has 5 amide bonds. The van der Waals surface area contributed by atoms with Crippen LogP contribution in [0.3, 0.4) is 0 Å². The third-order valence-corrected chi connectivity index (χ3v) is 32.5. The second kappa shape index (κ2) is 75.5. The van der Waals surface area contributed by atoms with Crippen molar-refractivity contribution in [2.45, 2.75) is 405 Å². The quantitative estimate of drug-likeness (QED) is 0.0260. The molecule has 0 aromatic rings. The molecule has 1 fully saturated rings. The van der Waals surface area contributed by atoms with Gasteiger partial charge in [-0.15, -0.1) is 30.1 Å². The Balaban J connectivity index is -0.000000311. The van der Waals surface area contributed by atoms with Gasteiger partial charge in [-0.1, -0.05) is 318 Å². The Morgan fingerprint density at radius 3 is 1.06 bits per heavy atom. The van der Waals surface area contributed by atoms with Crippen LogP contribution in [0.25, 0.3) is 0 Å². The van der Waals surface area contributed by atoms with Gasteiger partial charge in [-0.2, -0.15) is 75.8 Å². The number of carbonyl (C=O) groups is 8. The number of hydrogen-bond donors (Lipinski definition) is 1. The van der Waals surface area contributed by atoms with Gasteiger partial charge in [0.15, 0.2) is 5.78 Å². The molecule has 0 aromatic heterocycles. The molecule has 1 N–H and O–H groups in total. The molecule has 1 aliphatic rings. The van der Waals surface area contributed by atoms with Gasteiger partial charge in [-0.25, -0.2) is 4.79 Å². The summed E-state index contributed by atoms with van der Waals surface area (Å²) in [5, 5.41) is 16.7. The van der Waals surface area contributed by atoms with E-state index in [-0.39, 0.29) is 78.9 Å². The van der Waals surface area contributed by atoms with Crippen molar-refractivity contribution in [2.75, 3.05) is 191 Å². The fourth-order valence-corrected chi connectivity index (χ4v) is 21.9. The van der Waals surface area contributed by atoms with E-state index in [4.69, 9.17) is 14.7 Å². The summed E-state index contributed by atoms with van der Waals surface area (Å²) < 4.78 is 10.3. The zero-order valence-electron chi connectivity index (χ0n) is 108. The number of esters is 2. The van der Waals surface area contributed by atoms with E-state index < -0.39 is 11.3 Å². The Bertz CT molecular complexity index is 3730. The average Bonchev–Trinajstić information content (AvgIpc) is 1.42. The van der Waals surface area contributed by atoms with Crippen LogP contribution in [-0.2, 0) is 47.8 Å². The molecule has 149 heavy (non-hydrogen) atoms. The summed E-state index contributed by atoms with van der Waals surface area (Å²) >= 11 is 14.7. The van der Waals surface area contributed by atoms with Gasteiger partial charge in [-0.3, -0.25) is 33.6 Å². The van der Waals surface area contributed by atoms with E-state index in [0.717, 1.165) is 122 Å². The maximum absolute atomic E-state index is 12.8. The van der Waals surface area contributed by atoms with Gasteiger partial charge in [0.05, 0.1) is 25.7 Å². The van der Waals surface area contributed by atoms with Gasteiger partial charge >= 0.3 is 11.9 Å². The molecule has 0 bridgehead atoms. The number of ether oxygens (including phenoxy) is 2. The van der Waals surface area contributed by atoms with E-state index in [9.17, 15) is 38.4 Å². The van der Waals surface area contributed by atoms with Crippen LogP contribution in [0.5, 0.6) is 0 Å². The standard InChI is InChI=1S/C19H38N2OS.C18H38N2OS.C17H36N2OS.C16H31NOS.C14H25NOS.C13H26O2S.C13H24O2S.C12H23NOS/c1-10-11-21(14-18(2,3)4)17(22)12-16(13-20(8)9)23-15-19(5,6)7;1-10-20(13-17(2,3)4)16(21)11-15(12-19(8)9)22-14-18(5,6)7;1-16(2,3)12-19(9)15(20)10-14(11-18(7)8)21-13-17(4,5)6;1-15(2,3)12-19-10-8-14(18)17-9-7-13(11-17)16(4,5)6;1-13(2,3)10-17-8-7-11(9-15)12(16)14(4,5)6;2*1-12(2,3)9-15-11(14)7-8-16-10-13(4,5)6;1-11(2,3)9-15-8-7-10(14)13-12(4,5)6/h10,16H,1,11-15H2,2-9H3;15H,10-14H2,1-9H3;14H,10-13H2,1-9H3;13H,7-12H2,1-6H3;11H,7-8,10H2,1-6H3;7-10H2,1-6H3;7-8H,9-10H2,1-6H3;7-8H,9H2,1-6H3,(H,13,14). The Hall–Kier alpha value is -2.65. The highest BCUT2D eigenvalue weighted by Gasteiger charge is 2.36. The first kappa shape index (κ1) is 159. The van der Waals surface area contributed by atoms with Gasteiger partial charge < -0.3 is 49.1 Å². The predicted octanol–water partition coefficient (Wildman–Crippen LogP) is 30.5. The second-order valence-electron chi connectivity index (χ2n) is 60.4. The molecule has 0 spiro atoms. The highest BCUT2D eigenvalue weighted by atomic mass is 32.2. The van der Waals surface area contributed by atoms with Crippen LogP contribution in [0, 0.1) is 104 Å². The van der Waals surface area contributed by atoms with Crippen LogP contribution in [0.2, 0.25) is 0 Å². The molecule has 1 rings (SSSR count). The van der Waals surface area contributed by atoms with E-state index in [2.05, 4.69) is 357 Å². The Kier molecular flexibility index (Phi) is 80.6. The summed E-state index contributed by atoms with van der Waals surface area (Å²) in [5.74, 6) is 12.3. The molecule has 5 atom stereocenters. The number of rotatable bonds is 45. The van der Waals surface area contributed by atoms with Crippen LogP contribution >= 0.6 is 94.1 Å². The van der Waals surface area contributed by atoms with Crippen LogP contribution in [0.4, 0.5) is 0 Å². The SMILES string of the molecule is C=CCN(CC(C)(C)C)C(=O)CC(CN(C)C)SCC(C)(C)C.CC(C)(C)COC(=O)C=CSCC(C)(C)C.CC(C)(C)COC(=O)CCSCC(C)(C)C.CC(C)(C)CSC=CC(=O)NC(C)(C)C.CC(C)(C)CSCCC(=O)N1CCC(C(C)(C)C)C1.CC(C)(C)CSCCC(C#N)C(=O)C(C)(C)C.CCN(CC(C)(C)C)C(=O)CC(CN(C)C)SCC(C)(C)C.CN(C)CC(CC(=O)N(C)CC(C)(C)C)SCC(C)(C)C. The number of Topliss-reactive ketones (excluding diaryl/α,β-unsaturated/α-hetero) is 1. The van der Waals surface area contributed by atoms with Crippen molar-refractivity contribution in [2.24, 2.45) is 93.1 Å². The molecule has 5 unspecified atom stereocenters. The van der Waals surface area contributed by atoms with Crippen molar-refractivity contribution in [3.8, 4) is 6.07 Å². The summed E-state index contributed by atoms with van der Waals surface area (Å²) in [6.45, 7) is 119. The fourth-order valence-electron chi connectivity index (χ4n) is 12.8.